The van der Waals surface area contributed by atoms with E-state index in [1.165, 1.54) is 0 Å². The molecule has 1 fully saturated rings. The Labute approximate surface area is 163 Å². The van der Waals surface area contributed by atoms with Crippen LogP contribution >= 0.6 is 0 Å². The van der Waals surface area contributed by atoms with Crippen molar-refractivity contribution < 1.29 is 19.2 Å². The largest absolute Gasteiger partial charge is 0.391 e. The maximum absolute atomic E-state index is 12.7. The molecule has 1 aliphatic rings. The van der Waals surface area contributed by atoms with Gasteiger partial charge in [-0.1, -0.05) is 11.2 Å². The van der Waals surface area contributed by atoms with Gasteiger partial charge in [0.2, 0.25) is 11.8 Å². The molecule has 2 N–H and O–H groups in total. The maximum atomic E-state index is 12.7. The molecule has 150 valence electrons. The standard InChI is InChI=1S/C20H26N4O4/c1-13-9-16(28-23-13)12-19(26)22-17-10-14(11-18(17)25)20(27)24(2)8-6-15-5-3-4-7-21-15/h3-5,7,9,14,17-18,25H,6,8,10-12H2,1-2H3,(H,22,26)/t14-,17-,18-/m0/s1. The van der Waals surface area contributed by atoms with E-state index in [0.29, 0.717) is 37.3 Å². The molecule has 1 aliphatic carbocycles. The molecule has 0 bridgehead atoms. The molecule has 0 aliphatic heterocycles. The van der Waals surface area contributed by atoms with Gasteiger partial charge in [-0.05, 0) is 31.9 Å². The van der Waals surface area contributed by atoms with Crippen LogP contribution in [-0.2, 0) is 22.4 Å². The summed E-state index contributed by atoms with van der Waals surface area (Å²) in [6, 6.07) is 6.98. The van der Waals surface area contributed by atoms with Crippen molar-refractivity contribution in [2.75, 3.05) is 13.6 Å². The summed E-state index contributed by atoms with van der Waals surface area (Å²) >= 11 is 0. The first kappa shape index (κ1) is 20.0. The SMILES string of the molecule is Cc1cc(CC(=O)N[C@H]2C[C@H](C(=O)N(C)CCc3ccccn3)C[C@@H]2O)on1. The topological polar surface area (TPSA) is 109 Å². The first-order chi connectivity index (χ1) is 13.4. The molecule has 8 heteroatoms. The molecule has 28 heavy (non-hydrogen) atoms. The predicted molar refractivity (Wildman–Crippen MR) is 101 cm³/mol. The van der Waals surface area contributed by atoms with Crippen LogP contribution in [-0.4, -0.2) is 57.7 Å². The summed E-state index contributed by atoms with van der Waals surface area (Å²) < 4.78 is 5.04. The van der Waals surface area contributed by atoms with Gasteiger partial charge in [-0.2, -0.15) is 0 Å². The number of carbonyl (C=O) groups excluding carboxylic acids is 2. The fourth-order valence-electron chi connectivity index (χ4n) is 3.54. The van der Waals surface area contributed by atoms with E-state index in [4.69, 9.17) is 4.52 Å². The third-order valence-corrected chi connectivity index (χ3v) is 5.04. The van der Waals surface area contributed by atoms with Crippen LogP contribution in [0.4, 0.5) is 0 Å². The van der Waals surface area contributed by atoms with Crippen molar-refractivity contribution in [2.45, 2.75) is 44.8 Å². The maximum Gasteiger partial charge on any atom is 0.228 e. The van der Waals surface area contributed by atoms with E-state index in [0.717, 1.165) is 5.69 Å². The third-order valence-electron chi connectivity index (χ3n) is 5.04. The van der Waals surface area contributed by atoms with E-state index >= 15 is 0 Å². The van der Waals surface area contributed by atoms with Gasteiger partial charge >= 0.3 is 0 Å². The quantitative estimate of drug-likeness (QED) is 0.731. The number of aromatic nitrogens is 2. The van der Waals surface area contributed by atoms with E-state index in [2.05, 4.69) is 15.5 Å². The Bertz CT molecular complexity index is 808. The normalized spacial score (nSPS) is 21.5. The molecule has 2 amide bonds. The van der Waals surface area contributed by atoms with Gasteiger partial charge in [0.25, 0.3) is 0 Å². The summed E-state index contributed by atoms with van der Waals surface area (Å²) in [6.45, 7) is 2.34. The number of amides is 2. The number of hydrogen-bond acceptors (Lipinski definition) is 6. The number of aliphatic hydroxyl groups is 1. The van der Waals surface area contributed by atoms with Gasteiger partial charge in [-0.15, -0.1) is 0 Å². The van der Waals surface area contributed by atoms with Crippen LogP contribution in [0.3, 0.4) is 0 Å². The minimum Gasteiger partial charge on any atom is -0.391 e. The van der Waals surface area contributed by atoms with Gasteiger partial charge in [-0.25, -0.2) is 0 Å². The first-order valence-electron chi connectivity index (χ1n) is 9.47. The Morgan fingerprint density at radius 3 is 2.86 bits per heavy atom. The Kier molecular flexibility index (Phi) is 6.41. The molecule has 3 atom stereocenters. The second-order valence-corrected chi connectivity index (χ2v) is 7.35. The first-order valence-corrected chi connectivity index (χ1v) is 9.47. The lowest BCUT2D eigenvalue weighted by molar-refractivity contribution is -0.134. The molecule has 2 aromatic rings. The summed E-state index contributed by atoms with van der Waals surface area (Å²) in [5.74, 6) is -0.0969. The number of pyridine rings is 1. The van der Waals surface area contributed by atoms with Gasteiger partial charge < -0.3 is 19.8 Å². The minimum atomic E-state index is -0.737. The van der Waals surface area contributed by atoms with Crippen LogP contribution in [0.1, 0.15) is 30.0 Å². The van der Waals surface area contributed by atoms with Gasteiger partial charge in [0, 0.05) is 43.9 Å². The predicted octanol–water partition coefficient (Wildman–Crippen LogP) is 0.877. The van der Waals surface area contributed by atoms with E-state index in [-0.39, 0.29) is 24.2 Å². The van der Waals surface area contributed by atoms with Crippen LogP contribution in [0.25, 0.3) is 0 Å². The third kappa shape index (κ3) is 5.16. The number of carbonyl (C=O) groups is 2. The molecular weight excluding hydrogens is 360 g/mol. The Balaban J connectivity index is 1.47. The summed E-state index contributed by atoms with van der Waals surface area (Å²) in [7, 11) is 1.76. The van der Waals surface area contributed by atoms with Crippen LogP contribution < -0.4 is 5.32 Å². The fourth-order valence-corrected chi connectivity index (χ4v) is 3.54. The highest BCUT2D eigenvalue weighted by atomic mass is 16.5. The number of hydrogen-bond donors (Lipinski definition) is 2. The summed E-state index contributed by atoms with van der Waals surface area (Å²) in [6.07, 6.45) is 2.51. The zero-order valence-corrected chi connectivity index (χ0v) is 16.2. The molecule has 2 aromatic heterocycles. The van der Waals surface area contributed by atoms with Gasteiger partial charge in [0.1, 0.15) is 5.76 Å². The number of nitrogens with one attached hydrogen (secondary N) is 1. The second-order valence-electron chi connectivity index (χ2n) is 7.35. The highest BCUT2D eigenvalue weighted by Gasteiger charge is 2.38. The number of rotatable bonds is 7. The zero-order chi connectivity index (χ0) is 20.1. The second kappa shape index (κ2) is 8.97. The number of likely N-dealkylation sites (N-methyl/N-ethyl adjacent to an activating group) is 1. The van der Waals surface area contributed by atoms with Crippen molar-refractivity contribution in [1.82, 2.24) is 20.4 Å². The lowest BCUT2D eigenvalue weighted by Crippen LogP contribution is -2.40. The molecule has 0 radical (unpaired) electrons. The van der Waals surface area contributed by atoms with Gasteiger partial charge in [-0.3, -0.25) is 14.6 Å². The molecule has 8 nitrogen and oxygen atoms in total. The Hall–Kier alpha value is -2.74. The Morgan fingerprint density at radius 2 is 2.18 bits per heavy atom. The van der Waals surface area contributed by atoms with Crippen LogP contribution in [0, 0.1) is 12.8 Å². The molecule has 3 rings (SSSR count). The summed E-state index contributed by atoms with van der Waals surface area (Å²) in [4.78, 5) is 30.8. The van der Waals surface area contributed by atoms with Crippen molar-refractivity contribution in [3.8, 4) is 0 Å². The minimum absolute atomic E-state index is 0.0161. The van der Waals surface area contributed by atoms with E-state index < -0.39 is 12.1 Å². The molecule has 2 heterocycles. The smallest absolute Gasteiger partial charge is 0.228 e. The number of aryl methyl sites for hydroxylation is 1. The van der Waals surface area contributed by atoms with Crippen LogP contribution in [0.5, 0.6) is 0 Å². The number of nitrogens with zero attached hydrogens (tertiary/aromatic N) is 3. The average molecular weight is 386 g/mol. The summed E-state index contributed by atoms with van der Waals surface area (Å²) in [5, 5.41) is 16.8. The highest BCUT2D eigenvalue weighted by molar-refractivity contribution is 5.80. The molecule has 0 saturated heterocycles. The molecular formula is C20H26N4O4. The molecule has 0 aromatic carbocycles. The lowest BCUT2D eigenvalue weighted by Gasteiger charge is -2.21. The zero-order valence-electron chi connectivity index (χ0n) is 16.2. The van der Waals surface area contributed by atoms with Crippen molar-refractivity contribution in [3.63, 3.8) is 0 Å². The Morgan fingerprint density at radius 1 is 1.36 bits per heavy atom. The van der Waals surface area contributed by atoms with Crippen molar-refractivity contribution in [1.29, 1.82) is 0 Å². The van der Waals surface area contributed by atoms with Gasteiger partial charge in [0.15, 0.2) is 0 Å². The number of aliphatic hydroxyl groups excluding tert-OH is 1. The van der Waals surface area contributed by atoms with Gasteiger partial charge in [0.05, 0.1) is 24.3 Å². The fraction of sp³-hybridized carbons (Fsp3) is 0.500. The van der Waals surface area contributed by atoms with Crippen molar-refractivity contribution >= 4 is 11.8 Å². The van der Waals surface area contributed by atoms with E-state index in [1.54, 1.807) is 31.1 Å². The molecule has 0 spiro atoms. The molecule has 1 saturated carbocycles. The van der Waals surface area contributed by atoms with E-state index in [9.17, 15) is 14.7 Å². The summed E-state index contributed by atoms with van der Waals surface area (Å²) in [5.41, 5.74) is 1.64. The highest BCUT2D eigenvalue weighted by Crippen LogP contribution is 2.28. The van der Waals surface area contributed by atoms with Crippen LogP contribution in [0.2, 0.25) is 0 Å². The van der Waals surface area contributed by atoms with Crippen molar-refractivity contribution in [3.05, 3.63) is 47.6 Å². The van der Waals surface area contributed by atoms with Crippen LogP contribution in [0.15, 0.2) is 35.0 Å². The lowest BCUT2D eigenvalue weighted by atomic mass is 10.1. The monoisotopic (exact) mass is 386 g/mol. The average Bonchev–Trinajstić information content (AvgIpc) is 3.25. The van der Waals surface area contributed by atoms with E-state index in [1.807, 2.05) is 18.2 Å². The molecule has 0 unspecified atom stereocenters. The van der Waals surface area contributed by atoms with Crippen molar-refractivity contribution in [2.24, 2.45) is 5.92 Å².